The van der Waals surface area contributed by atoms with Gasteiger partial charge in [-0.25, -0.2) is 18.3 Å². The Balaban J connectivity index is 0.000000396. The molecule has 3 rings (SSSR count). The van der Waals surface area contributed by atoms with Gasteiger partial charge in [0, 0.05) is 23.7 Å². The number of hydrogen-bond donors (Lipinski definition) is 3. The van der Waals surface area contributed by atoms with Crippen molar-refractivity contribution in [1.29, 1.82) is 0 Å². The molecule has 0 radical (unpaired) electrons. The molecule has 3 aromatic rings. The number of rotatable bonds is 4. The third-order valence-corrected chi connectivity index (χ3v) is 3.75. The lowest BCUT2D eigenvalue weighted by Gasteiger charge is -2.05. The minimum absolute atomic E-state index is 0.00831. The van der Waals surface area contributed by atoms with Gasteiger partial charge in [-0.1, -0.05) is 6.07 Å². The van der Waals surface area contributed by atoms with Crippen LogP contribution in [0.3, 0.4) is 0 Å². The van der Waals surface area contributed by atoms with Gasteiger partial charge >= 0.3 is 12.1 Å². The Morgan fingerprint density at radius 1 is 1.20 bits per heavy atom. The minimum atomic E-state index is -5.08. The molecule has 1 amide bonds. The molecule has 7 nitrogen and oxygen atoms in total. The summed E-state index contributed by atoms with van der Waals surface area (Å²) in [6, 6.07) is 6.96. The number of nitrogens with two attached hydrogens (primary N) is 1. The Kier molecular flexibility index (Phi) is 6.72. The summed E-state index contributed by atoms with van der Waals surface area (Å²) in [5, 5.41) is 14.6. The maximum absolute atomic E-state index is 14.0. The lowest BCUT2D eigenvalue weighted by molar-refractivity contribution is -0.192. The average molecular weight is 430 g/mol. The second-order valence-electron chi connectivity index (χ2n) is 5.94. The van der Waals surface area contributed by atoms with Crippen LogP contribution in [0.1, 0.15) is 15.9 Å². The highest BCUT2D eigenvalue weighted by Crippen LogP contribution is 2.22. The van der Waals surface area contributed by atoms with Crippen LogP contribution >= 0.6 is 0 Å². The first kappa shape index (κ1) is 22.7. The summed E-state index contributed by atoms with van der Waals surface area (Å²) in [6.07, 6.45) is -3.56. The van der Waals surface area contributed by atoms with E-state index in [0.717, 1.165) is 6.07 Å². The molecule has 0 saturated heterocycles. The Bertz CT molecular complexity index is 1100. The number of halogens is 5. The smallest absolute Gasteiger partial charge is 0.475 e. The van der Waals surface area contributed by atoms with Gasteiger partial charge in [-0.05, 0) is 31.3 Å². The molecular formula is C18H15F5N4O3. The van der Waals surface area contributed by atoms with Crippen molar-refractivity contribution in [1.82, 2.24) is 15.1 Å². The molecule has 0 aliphatic heterocycles. The highest BCUT2D eigenvalue weighted by atomic mass is 19.4. The number of primary amides is 1. The fourth-order valence-electron chi connectivity index (χ4n) is 2.43. The molecule has 160 valence electrons. The number of benzene rings is 2. The second kappa shape index (κ2) is 8.86. The maximum Gasteiger partial charge on any atom is 0.490 e. The second-order valence-corrected chi connectivity index (χ2v) is 5.94. The van der Waals surface area contributed by atoms with E-state index in [1.54, 1.807) is 19.2 Å². The van der Waals surface area contributed by atoms with Crippen LogP contribution in [0.25, 0.3) is 16.6 Å². The van der Waals surface area contributed by atoms with Gasteiger partial charge in [-0.15, -0.1) is 0 Å². The van der Waals surface area contributed by atoms with Gasteiger partial charge in [0.2, 0.25) is 0 Å². The van der Waals surface area contributed by atoms with Crippen LogP contribution in [0.4, 0.5) is 22.0 Å². The summed E-state index contributed by atoms with van der Waals surface area (Å²) in [5.74, 6) is -4.48. The molecule has 0 spiro atoms. The number of carboxylic acids is 1. The quantitative estimate of drug-likeness (QED) is 0.552. The Morgan fingerprint density at radius 3 is 2.33 bits per heavy atom. The molecule has 0 fully saturated rings. The van der Waals surface area contributed by atoms with E-state index in [4.69, 9.17) is 15.6 Å². The molecule has 0 saturated carbocycles. The van der Waals surface area contributed by atoms with Crippen molar-refractivity contribution in [2.45, 2.75) is 12.7 Å². The van der Waals surface area contributed by atoms with Crippen molar-refractivity contribution in [3.05, 3.63) is 59.3 Å². The van der Waals surface area contributed by atoms with Gasteiger partial charge < -0.3 is 16.2 Å². The highest BCUT2D eigenvalue weighted by molar-refractivity contribution is 6.04. The summed E-state index contributed by atoms with van der Waals surface area (Å²) in [7, 11) is 1.73. The number of carbonyl (C=O) groups excluding carboxylic acids is 1. The fourth-order valence-corrected chi connectivity index (χ4v) is 2.43. The van der Waals surface area contributed by atoms with Gasteiger partial charge in [-0.2, -0.15) is 18.3 Å². The maximum atomic E-state index is 14.0. The van der Waals surface area contributed by atoms with E-state index in [2.05, 4.69) is 10.4 Å². The Hall–Kier alpha value is -3.54. The number of aromatic nitrogens is 2. The van der Waals surface area contributed by atoms with E-state index < -0.39 is 23.9 Å². The number of carboxylic acid groups (broad SMARTS) is 1. The van der Waals surface area contributed by atoms with Crippen molar-refractivity contribution in [2.75, 3.05) is 7.05 Å². The molecular weight excluding hydrogens is 415 g/mol. The minimum Gasteiger partial charge on any atom is -0.475 e. The molecule has 1 aromatic heterocycles. The zero-order valence-corrected chi connectivity index (χ0v) is 15.3. The normalized spacial score (nSPS) is 11.1. The first-order valence-electron chi connectivity index (χ1n) is 8.16. The first-order chi connectivity index (χ1) is 13.9. The number of nitrogens with zero attached hydrogens (tertiary/aromatic N) is 2. The van der Waals surface area contributed by atoms with Gasteiger partial charge in [0.05, 0.1) is 11.3 Å². The van der Waals surface area contributed by atoms with Crippen molar-refractivity contribution in [3.63, 3.8) is 0 Å². The highest BCUT2D eigenvalue weighted by Gasteiger charge is 2.38. The molecule has 4 N–H and O–H groups in total. The zero-order chi connectivity index (χ0) is 22.6. The summed E-state index contributed by atoms with van der Waals surface area (Å²) in [4.78, 5) is 20.3. The SMILES string of the molecule is CNCc1ccc(-n2cc3cc(F)cc(C(N)=O)c3n2)cc1F.O=C(O)C(F)(F)F. The lowest BCUT2D eigenvalue weighted by atomic mass is 10.1. The van der Waals surface area contributed by atoms with Crippen LogP contribution in [0.5, 0.6) is 0 Å². The Labute approximate surface area is 165 Å². The third kappa shape index (κ3) is 5.29. The summed E-state index contributed by atoms with van der Waals surface area (Å²) in [5.41, 5.74) is 6.51. The van der Waals surface area contributed by atoms with E-state index in [1.807, 2.05) is 0 Å². The summed E-state index contributed by atoms with van der Waals surface area (Å²) >= 11 is 0. The molecule has 0 aliphatic carbocycles. The standard InChI is InChI=1S/C16H14F2N4O.C2HF3O2/c1-20-7-9-2-3-12(6-14(9)18)22-8-10-4-11(17)5-13(16(19)23)15(10)21-22;3-2(4,5)1(6)7/h2-6,8,20H,7H2,1H3,(H2,19,23);(H,6,7). The zero-order valence-electron chi connectivity index (χ0n) is 15.3. The van der Waals surface area contributed by atoms with Gasteiger partial charge in [-0.3, -0.25) is 4.79 Å². The molecule has 2 aromatic carbocycles. The van der Waals surface area contributed by atoms with Crippen LogP contribution in [-0.4, -0.2) is 40.0 Å². The average Bonchev–Trinajstić information content (AvgIpc) is 3.06. The molecule has 30 heavy (non-hydrogen) atoms. The number of alkyl halides is 3. The molecule has 0 bridgehead atoms. The fraction of sp³-hybridized carbons (Fsp3) is 0.167. The lowest BCUT2D eigenvalue weighted by Crippen LogP contribution is -2.21. The van der Waals surface area contributed by atoms with Crippen molar-refractivity contribution in [3.8, 4) is 5.69 Å². The number of hydrogen-bond acceptors (Lipinski definition) is 4. The molecule has 0 atom stereocenters. The van der Waals surface area contributed by atoms with Crippen LogP contribution in [-0.2, 0) is 11.3 Å². The molecule has 12 heteroatoms. The van der Waals surface area contributed by atoms with Gasteiger partial charge in [0.15, 0.2) is 0 Å². The van der Waals surface area contributed by atoms with Gasteiger partial charge in [0.1, 0.15) is 17.2 Å². The van der Waals surface area contributed by atoms with Crippen LogP contribution in [0.2, 0.25) is 0 Å². The predicted molar refractivity (Wildman–Crippen MR) is 96.0 cm³/mol. The van der Waals surface area contributed by atoms with Crippen molar-refractivity contribution < 1.29 is 36.6 Å². The van der Waals surface area contributed by atoms with E-state index in [-0.39, 0.29) is 16.9 Å². The molecule has 0 unspecified atom stereocenters. The van der Waals surface area contributed by atoms with E-state index in [0.29, 0.717) is 23.2 Å². The van der Waals surface area contributed by atoms with Crippen molar-refractivity contribution in [2.24, 2.45) is 5.73 Å². The molecule has 1 heterocycles. The topological polar surface area (TPSA) is 110 Å². The number of aliphatic carboxylic acids is 1. The van der Waals surface area contributed by atoms with E-state index in [9.17, 15) is 26.7 Å². The van der Waals surface area contributed by atoms with E-state index >= 15 is 0 Å². The third-order valence-electron chi connectivity index (χ3n) is 3.75. The Morgan fingerprint density at radius 2 is 1.83 bits per heavy atom. The number of carbonyl (C=O) groups is 2. The van der Waals surface area contributed by atoms with Crippen LogP contribution in [0.15, 0.2) is 36.5 Å². The van der Waals surface area contributed by atoms with Gasteiger partial charge in [0.25, 0.3) is 5.91 Å². The number of amides is 1. The summed E-state index contributed by atoms with van der Waals surface area (Å²) in [6.45, 7) is 0.407. The monoisotopic (exact) mass is 430 g/mol. The van der Waals surface area contributed by atoms with E-state index in [1.165, 1.54) is 23.0 Å². The largest absolute Gasteiger partial charge is 0.490 e. The molecule has 0 aliphatic rings. The number of nitrogens with one attached hydrogen (secondary N) is 1. The van der Waals surface area contributed by atoms with Crippen LogP contribution < -0.4 is 11.1 Å². The number of fused-ring (bicyclic) bond motifs is 1. The van der Waals surface area contributed by atoms with Crippen molar-refractivity contribution >= 4 is 22.8 Å². The predicted octanol–water partition coefficient (Wildman–Crippen LogP) is 2.76. The summed E-state index contributed by atoms with van der Waals surface area (Å²) < 4.78 is 60.7. The van der Waals surface area contributed by atoms with Crippen LogP contribution in [0, 0.1) is 11.6 Å². The first-order valence-corrected chi connectivity index (χ1v) is 8.16.